The van der Waals surface area contributed by atoms with Gasteiger partial charge in [0, 0.05) is 23.2 Å². The van der Waals surface area contributed by atoms with Gasteiger partial charge in [0.25, 0.3) is 15.9 Å². The average molecular weight is 561 g/mol. The van der Waals surface area contributed by atoms with Crippen LogP contribution in [0.5, 0.6) is 0 Å². The Kier molecular flexibility index (Phi) is 7.93. The van der Waals surface area contributed by atoms with Gasteiger partial charge in [0.1, 0.15) is 16.2 Å². The van der Waals surface area contributed by atoms with Gasteiger partial charge < -0.3 is 10.2 Å². The summed E-state index contributed by atoms with van der Waals surface area (Å²) in [5.74, 6) is -4.00. The minimum absolute atomic E-state index is 0.0650. The second-order valence-corrected chi connectivity index (χ2v) is 10.9. The molecule has 39 heavy (non-hydrogen) atoms. The summed E-state index contributed by atoms with van der Waals surface area (Å²) in [4.78, 5) is 18.4. The number of fused-ring (bicyclic) bond motifs is 1. The number of hydrogen-bond donors (Lipinski definition) is 3. The number of carbonyl (C=O) groups is 1. The summed E-state index contributed by atoms with van der Waals surface area (Å²) < 4.78 is 73.8. The Balaban J connectivity index is 1.67. The molecule has 0 bridgehead atoms. The molecule has 0 aliphatic carbocycles. The number of amides is 1. The quantitative estimate of drug-likeness (QED) is 0.265. The van der Waals surface area contributed by atoms with Crippen molar-refractivity contribution in [2.75, 3.05) is 31.9 Å². The molecule has 2 aromatic carbocycles. The van der Waals surface area contributed by atoms with Crippen LogP contribution in [0.4, 0.5) is 18.9 Å². The van der Waals surface area contributed by atoms with Crippen molar-refractivity contribution in [3.63, 3.8) is 0 Å². The summed E-state index contributed by atoms with van der Waals surface area (Å²) in [5, 5.41) is 9.15. The van der Waals surface area contributed by atoms with Crippen LogP contribution in [-0.4, -0.2) is 61.6 Å². The summed E-state index contributed by atoms with van der Waals surface area (Å²) >= 11 is 0. The lowest BCUT2D eigenvalue weighted by Gasteiger charge is -2.14. The Morgan fingerprint density at radius 2 is 1.77 bits per heavy atom. The highest BCUT2D eigenvalue weighted by Gasteiger charge is 2.26. The van der Waals surface area contributed by atoms with E-state index in [1.165, 1.54) is 25.1 Å². The monoisotopic (exact) mass is 560 g/mol. The molecule has 0 spiro atoms. The zero-order chi connectivity index (χ0) is 28.5. The van der Waals surface area contributed by atoms with Crippen LogP contribution in [-0.2, 0) is 10.0 Å². The highest BCUT2D eigenvalue weighted by atomic mass is 32.2. The molecule has 0 atom stereocenters. The maximum atomic E-state index is 15.5. The number of rotatable bonds is 9. The lowest BCUT2D eigenvalue weighted by Crippen LogP contribution is -2.27. The molecule has 4 aromatic rings. The molecular formula is C26H27F3N6O3S. The van der Waals surface area contributed by atoms with Crippen molar-refractivity contribution >= 4 is 32.5 Å². The van der Waals surface area contributed by atoms with Gasteiger partial charge in [-0.15, -0.1) is 0 Å². The number of hydrogen-bond acceptors (Lipinski definition) is 6. The second-order valence-electron chi connectivity index (χ2n) is 9.26. The number of benzene rings is 2. The first-order valence-electron chi connectivity index (χ1n) is 12.0. The number of carbonyl (C=O) groups excluding carboxylic acids is 1. The number of sulfonamides is 1. The van der Waals surface area contributed by atoms with Crippen LogP contribution >= 0.6 is 0 Å². The van der Waals surface area contributed by atoms with Crippen LogP contribution in [0.2, 0.25) is 0 Å². The molecule has 0 saturated carbocycles. The number of H-pyrrole nitrogens is 1. The third-order valence-electron chi connectivity index (χ3n) is 6.03. The average Bonchev–Trinajstić information content (AvgIpc) is 3.29. The topological polar surface area (TPSA) is 120 Å². The van der Waals surface area contributed by atoms with Crippen molar-refractivity contribution < 1.29 is 26.4 Å². The number of halogens is 3. The number of pyridine rings is 1. The first-order chi connectivity index (χ1) is 18.4. The molecule has 0 fully saturated rings. The van der Waals surface area contributed by atoms with Crippen LogP contribution in [0.15, 0.2) is 41.3 Å². The molecule has 2 aromatic heterocycles. The Labute approximate surface area is 223 Å². The highest BCUT2D eigenvalue weighted by molar-refractivity contribution is 7.92. The molecule has 3 N–H and O–H groups in total. The van der Waals surface area contributed by atoms with Crippen LogP contribution < -0.4 is 10.0 Å². The summed E-state index contributed by atoms with van der Waals surface area (Å²) in [6, 6.07) is 6.99. The number of anilines is 1. The van der Waals surface area contributed by atoms with Crippen molar-refractivity contribution in [3.05, 3.63) is 70.9 Å². The fourth-order valence-electron chi connectivity index (χ4n) is 4.14. The van der Waals surface area contributed by atoms with Gasteiger partial charge in [-0.05, 0) is 71.2 Å². The minimum Gasteiger partial charge on any atom is -0.351 e. The molecule has 2 heterocycles. The van der Waals surface area contributed by atoms with Gasteiger partial charge in [0.05, 0.1) is 16.9 Å². The highest BCUT2D eigenvalue weighted by Crippen LogP contribution is 2.36. The smallest absolute Gasteiger partial charge is 0.272 e. The van der Waals surface area contributed by atoms with E-state index in [1.807, 2.05) is 19.0 Å². The molecule has 9 nitrogen and oxygen atoms in total. The summed E-state index contributed by atoms with van der Waals surface area (Å²) in [6.07, 6.45) is 0.693. The lowest BCUT2D eigenvalue weighted by molar-refractivity contribution is 0.0949. The summed E-state index contributed by atoms with van der Waals surface area (Å²) in [5.41, 5.74) is -1.34. The fourth-order valence-corrected chi connectivity index (χ4v) is 5.38. The Bertz CT molecular complexity index is 1670. The Hall–Kier alpha value is -3.97. The van der Waals surface area contributed by atoms with Gasteiger partial charge in [-0.2, -0.15) is 5.10 Å². The largest absolute Gasteiger partial charge is 0.351 e. The van der Waals surface area contributed by atoms with Gasteiger partial charge in [-0.3, -0.25) is 19.6 Å². The van der Waals surface area contributed by atoms with Crippen molar-refractivity contribution in [1.29, 1.82) is 0 Å². The molecule has 4 rings (SSSR count). The second kappa shape index (κ2) is 11.0. The predicted molar refractivity (Wildman–Crippen MR) is 141 cm³/mol. The van der Waals surface area contributed by atoms with Crippen molar-refractivity contribution in [2.24, 2.45) is 0 Å². The van der Waals surface area contributed by atoms with Gasteiger partial charge >= 0.3 is 0 Å². The van der Waals surface area contributed by atoms with Crippen molar-refractivity contribution in [3.8, 4) is 11.1 Å². The first-order valence-corrected chi connectivity index (χ1v) is 13.4. The maximum Gasteiger partial charge on any atom is 0.272 e. The Morgan fingerprint density at radius 3 is 2.46 bits per heavy atom. The summed E-state index contributed by atoms with van der Waals surface area (Å²) in [6.45, 7) is 4.31. The first kappa shape index (κ1) is 28.0. The van der Waals surface area contributed by atoms with Crippen LogP contribution in [0, 0.1) is 31.3 Å². The van der Waals surface area contributed by atoms with E-state index in [0.29, 0.717) is 18.7 Å². The van der Waals surface area contributed by atoms with Crippen LogP contribution in [0.1, 0.15) is 28.3 Å². The predicted octanol–water partition coefficient (Wildman–Crippen LogP) is 4.14. The maximum absolute atomic E-state index is 15.5. The molecule has 0 aliphatic heterocycles. The van der Waals surface area contributed by atoms with Crippen molar-refractivity contribution in [2.45, 2.75) is 25.2 Å². The van der Waals surface area contributed by atoms with Gasteiger partial charge in [-0.1, -0.05) is 6.07 Å². The van der Waals surface area contributed by atoms with Gasteiger partial charge in [-0.25, -0.2) is 21.6 Å². The Morgan fingerprint density at radius 1 is 1.03 bits per heavy atom. The van der Waals surface area contributed by atoms with Gasteiger partial charge in [0.15, 0.2) is 17.3 Å². The molecule has 0 aliphatic rings. The number of aromatic amines is 1. The third-order valence-corrected chi connectivity index (χ3v) is 7.53. The number of nitrogens with one attached hydrogen (secondary N) is 3. The third kappa shape index (κ3) is 5.73. The van der Waals surface area contributed by atoms with E-state index >= 15 is 8.78 Å². The van der Waals surface area contributed by atoms with E-state index in [4.69, 9.17) is 0 Å². The standard InChI is InChI=1S/C26H27F3N6O3S/c1-14-6-11-20(15(2)31-14)39(37,38)34-19-10-9-18(27)21(23(19)29)16-7-8-17-24(22(16)28)32-33-25(17)26(36)30-12-5-13-35(3)4/h6-11,34H,5,12-13H2,1-4H3,(H,30,36)(H,32,33). The molecule has 0 saturated heterocycles. The zero-order valence-electron chi connectivity index (χ0n) is 21.7. The SMILES string of the molecule is Cc1ccc(S(=O)(=O)Nc2ccc(F)c(-c3ccc4c(C(=O)NCCCN(C)C)n[nH]c4c3F)c2F)c(C)n1. The summed E-state index contributed by atoms with van der Waals surface area (Å²) in [7, 11) is -0.483. The molecular weight excluding hydrogens is 533 g/mol. The lowest BCUT2D eigenvalue weighted by atomic mass is 10.0. The van der Waals surface area contributed by atoms with Crippen LogP contribution in [0.25, 0.3) is 22.0 Å². The van der Waals surface area contributed by atoms with E-state index in [9.17, 15) is 17.6 Å². The molecule has 0 radical (unpaired) electrons. The van der Waals surface area contributed by atoms with E-state index in [-0.39, 0.29) is 27.2 Å². The minimum atomic E-state index is -4.29. The van der Waals surface area contributed by atoms with E-state index in [1.54, 1.807) is 6.92 Å². The molecule has 13 heteroatoms. The van der Waals surface area contributed by atoms with E-state index < -0.39 is 50.2 Å². The normalized spacial score (nSPS) is 11.8. The van der Waals surface area contributed by atoms with Gasteiger partial charge in [0.2, 0.25) is 0 Å². The van der Waals surface area contributed by atoms with E-state index in [2.05, 4.69) is 25.2 Å². The van der Waals surface area contributed by atoms with Crippen LogP contribution in [0.3, 0.4) is 0 Å². The fraction of sp³-hybridized carbons (Fsp3) is 0.269. The zero-order valence-corrected chi connectivity index (χ0v) is 22.5. The molecule has 206 valence electrons. The number of nitrogens with zero attached hydrogens (tertiary/aromatic N) is 3. The number of aryl methyl sites for hydroxylation is 2. The molecule has 0 unspecified atom stereocenters. The number of aromatic nitrogens is 3. The van der Waals surface area contributed by atoms with E-state index in [0.717, 1.165) is 24.7 Å². The molecule has 1 amide bonds. The van der Waals surface area contributed by atoms with Crippen molar-refractivity contribution in [1.82, 2.24) is 25.4 Å².